The Balaban J connectivity index is 1.51. The van der Waals surface area contributed by atoms with Crippen molar-refractivity contribution in [3.63, 3.8) is 0 Å². The number of piperazine rings is 1. The van der Waals surface area contributed by atoms with E-state index in [1.165, 1.54) is 25.1 Å². The average molecular weight is 365 g/mol. The molecule has 1 N–H and O–H groups in total. The highest BCUT2D eigenvalue weighted by molar-refractivity contribution is 5.66. The number of H-pyrrole nitrogens is 1. The number of imidazole rings is 1. The first-order valence-electron chi connectivity index (χ1n) is 9.48. The molecule has 1 aliphatic rings. The van der Waals surface area contributed by atoms with E-state index in [-0.39, 0.29) is 5.82 Å². The second kappa shape index (κ2) is 7.88. The molecule has 0 saturated carbocycles. The molecule has 1 saturated heterocycles. The fourth-order valence-corrected chi connectivity index (χ4v) is 3.49. The van der Waals surface area contributed by atoms with E-state index in [4.69, 9.17) is 0 Å². The molecule has 0 atom stereocenters. The maximum atomic E-state index is 13.1. The molecule has 0 bridgehead atoms. The maximum Gasteiger partial charge on any atom is 0.138 e. The zero-order valence-electron chi connectivity index (χ0n) is 15.5. The third-order valence-electron chi connectivity index (χ3n) is 4.97. The van der Waals surface area contributed by atoms with Crippen LogP contribution < -0.4 is 4.90 Å². The van der Waals surface area contributed by atoms with Crippen LogP contribution in [-0.4, -0.2) is 52.6 Å². The highest BCUT2D eigenvalue weighted by Gasteiger charge is 2.18. The lowest BCUT2D eigenvalue weighted by atomic mass is 10.2. The Morgan fingerprint density at radius 1 is 1.04 bits per heavy atom. The van der Waals surface area contributed by atoms with Crippen molar-refractivity contribution in [3.05, 3.63) is 54.6 Å². The Labute approximate surface area is 158 Å². The number of pyridine rings is 1. The number of rotatable bonds is 5. The highest BCUT2D eigenvalue weighted by atomic mass is 19.1. The second-order valence-corrected chi connectivity index (χ2v) is 6.87. The summed E-state index contributed by atoms with van der Waals surface area (Å²) >= 11 is 0. The molecule has 4 rings (SSSR count). The number of nitrogens with one attached hydrogen (secondary N) is 1. The zero-order chi connectivity index (χ0) is 18.6. The van der Waals surface area contributed by atoms with Gasteiger partial charge in [-0.3, -0.25) is 4.90 Å². The van der Waals surface area contributed by atoms with Gasteiger partial charge in [0.05, 0.1) is 5.69 Å². The zero-order valence-corrected chi connectivity index (χ0v) is 15.5. The van der Waals surface area contributed by atoms with Crippen molar-refractivity contribution in [1.82, 2.24) is 19.9 Å². The van der Waals surface area contributed by atoms with Crippen LogP contribution in [0.15, 0.2) is 48.8 Å². The summed E-state index contributed by atoms with van der Waals surface area (Å²) in [4.78, 5) is 17.3. The van der Waals surface area contributed by atoms with Crippen LogP contribution in [0.1, 0.15) is 13.3 Å². The topological polar surface area (TPSA) is 48.0 Å². The van der Waals surface area contributed by atoms with Crippen LogP contribution in [0.4, 0.5) is 10.2 Å². The Bertz CT molecular complexity index is 882. The number of nitrogens with zero attached hydrogens (tertiary/aromatic N) is 4. The Morgan fingerprint density at radius 3 is 2.56 bits per heavy atom. The molecule has 3 heterocycles. The van der Waals surface area contributed by atoms with Gasteiger partial charge in [-0.25, -0.2) is 14.4 Å². The van der Waals surface area contributed by atoms with Gasteiger partial charge in [0, 0.05) is 49.7 Å². The van der Waals surface area contributed by atoms with E-state index in [1.807, 2.05) is 18.5 Å². The van der Waals surface area contributed by atoms with Crippen LogP contribution in [0.5, 0.6) is 0 Å². The summed E-state index contributed by atoms with van der Waals surface area (Å²) in [6.07, 6.45) is 4.89. The third-order valence-corrected chi connectivity index (χ3v) is 4.97. The van der Waals surface area contributed by atoms with Crippen LogP contribution in [-0.2, 0) is 0 Å². The smallest absolute Gasteiger partial charge is 0.138 e. The number of hydrogen-bond donors (Lipinski definition) is 1. The van der Waals surface area contributed by atoms with E-state index in [0.717, 1.165) is 54.6 Å². The minimum Gasteiger partial charge on any atom is -0.354 e. The summed E-state index contributed by atoms with van der Waals surface area (Å²) in [7, 11) is 0. The summed E-state index contributed by atoms with van der Waals surface area (Å²) < 4.78 is 13.1. The predicted molar refractivity (Wildman–Crippen MR) is 106 cm³/mol. The molecule has 27 heavy (non-hydrogen) atoms. The molecule has 1 fully saturated rings. The van der Waals surface area contributed by atoms with E-state index in [9.17, 15) is 4.39 Å². The SMILES string of the molecule is CCCN1CCN(c2cc(-c3nc(-c4ccc(F)cc4)c[nH]3)ccn2)CC1. The van der Waals surface area contributed by atoms with Crippen molar-refractivity contribution in [3.8, 4) is 22.6 Å². The molecule has 0 aliphatic carbocycles. The van der Waals surface area contributed by atoms with Gasteiger partial charge in [0.2, 0.25) is 0 Å². The fourth-order valence-electron chi connectivity index (χ4n) is 3.49. The van der Waals surface area contributed by atoms with Crippen molar-refractivity contribution < 1.29 is 4.39 Å². The molecule has 1 aromatic carbocycles. The number of benzene rings is 1. The summed E-state index contributed by atoms with van der Waals surface area (Å²) in [5.74, 6) is 1.54. The van der Waals surface area contributed by atoms with Crippen LogP contribution in [0.2, 0.25) is 0 Å². The monoisotopic (exact) mass is 365 g/mol. The predicted octanol–water partition coefficient (Wildman–Crippen LogP) is 3.81. The molecule has 3 aromatic rings. The minimum absolute atomic E-state index is 0.243. The Morgan fingerprint density at radius 2 is 1.81 bits per heavy atom. The normalized spacial score (nSPS) is 15.3. The number of halogens is 1. The van der Waals surface area contributed by atoms with Gasteiger partial charge in [-0.15, -0.1) is 0 Å². The van der Waals surface area contributed by atoms with Crippen LogP contribution in [0, 0.1) is 5.82 Å². The van der Waals surface area contributed by atoms with Crippen molar-refractivity contribution in [2.75, 3.05) is 37.6 Å². The van der Waals surface area contributed by atoms with Crippen molar-refractivity contribution >= 4 is 5.82 Å². The van der Waals surface area contributed by atoms with Gasteiger partial charge < -0.3 is 9.88 Å². The van der Waals surface area contributed by atoms with E-state index in [1.54, 1.807) is 12.1 Å². The lowest BCUT2D eigenvalue weighted by Gasteiger charge is -2.35. The first kappa shape index (κ1) is 17.7. The Kier molecular flexibility index (Phi) is 5.16. The molecule has 0 unspecified atom stereocenters. The summed E-state index contributed by atoms with van der Waals surface area (Å²) in [6.45, 7) is 7.54. The van der Waals surface area contributed by atoms with Gasteiger partial charge in [0.15, 0.2) is 0 Å². The van der Waals surface area contributed by atoms with Gasteiger partial charge in [-0.1, -0.05) is 6.92 Å². The average Bonchev–Trinajstić information content (AvgIpc) is 3.20. The minimum atomic E-state index is -0.243. The van der Waals surface area contributed by atoms with Crippen molar-refractivity contribution in [2.24, 2.45) is 0 Å². The van der Waals surface area contributed by atoms with E-state index >= 15 is 0 Å². The van der Waals surface area contributed by atoms with Gasteiger partial charge in [-0.2, -0.15) is 0 Å². The standard InChI is InChI=1S/C21H24FN5/c1-2-9-26-10-12-27(13-11-26)20-14-17(7-8-23-20)21-24-15-19(25-21)16-3-5-18(22)6-4-16/h3-8,14-15H,2,9-13H2,1H3,(H,24,25). The molecular weight excluding hydrogens is 341 g/mol. The van der Waals surface area contributed by atoms with Crippen molar-refractivity contribution in [2.45, 2.75) is 13.3 Å². The Hall–Kier alpha value is -2.73. The highest BCUT2D eigenvalue weighted by Crippen LogP contribution is 2.25. The summed E-state index contributed by atoms with van der Waals surface area (Å²) in [5.41, 5.74) is 2.70. The largest absolute Gasteiger partial charge is 0.354 e. The molecule has 140 valence electrons. The van der Waals surface area contributed by atoms with Crippen LogP contribution in [0.25, 0.3) is 22.6 Å². The van der Waals surface area contributed by atoms with Crippen molar-refractivity contribution in [1.29, 1.82) is 0 Å². The number of hydrogen-bond acceptors (Lipinski definition) is 4. The number of aromatic amines is 1. The molecule has 0 radical (unpaired) electrons. The maximum absolute atomic E-state index is 13.1. The summed E-state index contributed by atoms with van der Waals surface area (Å²) in [6, 6.07) is 10.4. The van der Waals surface area contributed by atoms with Gasteiger partial charge in [-0.05, 0) is 49.4 Å². The van der Waals surface area contributed by atoms with E-state index < -0.39 is 0 Å². The van der Waals surface area contributed by atoms with Crippen LogP contribution >= 0.6 is 0 Å². The van der Waals surface area contributed by atoms with E-state index in [0.29, 0.717) is 0 Å². The van der Waals surface area contributed by atoms with Crippen LogP contribution in [0.3, 0.4) is 0 Å². The second-order valence-electron chi connectivity index (χ2n) is 6.87. The number of aromatic nitrogens is 3. The molecular formula is C21H24FN5. The number of anilines is 1. The molecule has 6 heteroatoms. The quantitative estimate of drug-likeness (QED) is 0.747. The summed E-state index contributed by atoms with van der Waals surface area (Å²) in [5, 5.41) is 0. The molecule has 2 aromatic heterocycles. The molecule has 1 aliphatic heterocycles. The first-order chi connectivity index (χ1) is 13.2. The van der Waals surface area contributed by atoms with Gasteiger partial charge in [0.1, 0.15) is 17.5 Å². The molecule has 0 amide bonds. The molecule has 0 spiro atoms. The van der Waals surface area contributed by atoms with Gasteiger partial charge >= 0.3 is 0 Å². The lowest BCUT2D eigenvalue weighted by Crippen LogP contribution is -2.46. The van der Waals surface area contributed by atoms with E-state index in [2.05, 4.69) is 37.7 Å². The first-order valence-corrected chi connectivity index (χ1v) is 9.48. The fraction of sp³-hybridized carbons (Fsp3) is 0.333. The third kappa shape index (κ3) is 4.01. The van der Waals surface area contributed by atoms with Gasteiger partial charge in [0.25, 0.3) is 0 Å². The lowest BCUT2D eigenvalue weighted by molar-refractivity contribution is 0.258. The molecule has 5 nitrogen and oxygen atoms in total.